The molecule has 1 fully saturated rings. The summed E-state index contributed by atoms with van der Waals surface area (Å²) in [6.45, 7) is 1.83. The molecular weight excluding hydrogens is 432 g/mol. The Hall–Kier alpha value is -3.82. The molecule has 0 saturated carbocycles. The van der Waals surface area contributed by atoms with Gasteiger partial charge in [-0.2, -0.15) is 4.98 Å². The Balaban J connectivity index is 1.32. The lowest BCUT2D eigenvalue weighted by molar-refractivity contribution is 0.0793. The number of nitrogens with zero attached hydrogens (tertiary/aromatic N) is 4. The smallest absolute Gasteiger partial charge is 0.321 e. The Bertz CT molecular complexity index is 1140. The van der Waals surface area contributed by atoms with Gasteiger partial charge in [0.15, 0.2) is 5.82 Å². The van der Waals surface area contributed by atoms with Crippen LogP contribution in [0.1, 0.15) is 29.0 Å². The van der Waals surface area contributed by atoms with Gasteiger partial charge in [-0.05, 0) is 49.2 Å². The summed E-state index contributed by atoms with van der Waals surface area (Å²) in [6, 6.07) is 9.38. The first-order valence-corrected chi connectivity index (χ1v) is 10.6. The van der Waals surface area contributed by atoms with Crippen LogP contribution in [0, 0.1) is 11.6 Å². The number of carbonyl (C=O) groups excluding carboxylic acids is 2. The van der Waals surface area contributed by atoms with E-state index in [9.17, 15) is 18.4 Å². The number of rotatable bonds is 6. The minimum absolute atomic E-state index is 0.0205. The SMILES string of the molecule is CN(CCc1noc(-c2ccc(C(=O)N3CCCC3)cc2)n1)C(=O)Nc1ccc(F)cc1F. The molecule has 1 aromatic heterocycles. The first kappa shape index (κ1) is 22.4. The average molecular weight is 455 g/mol. The quantitative estimate of drug-likeness (QED) is 0.608. The van der Waals surface area contributed by atoms with Crippen LogP contribution in [-0.2, 0) is 6.42 Å². The van der Waals surface area contributed by atoms with Gasteiger partial charge in [-0.25, -0.2) is 13.6 Å². The van der Waals surface area contributed by atoms with Gasteiger partial charge in [0.1, 0.15) is 11.6 Å². The molecule has 1 aliphatic heterocycles. The van der Waals surface area contributed by atoms with Crippen molar-refractivity contribution in [3.63, 3.8) is 0 Å². The molecule has 10 heteroatoms. The van der Waals surface area contributed by atoms with Gasteiger partial charge in [0.2, 0.25) is 0 Å². The lowest BCUT2D eigenvalue weighted by Crippen LogP contribution is -2.33. The third-order valence-electron chi connectivity index (χ3n) is 5.43. The second-order valence-corrected chi connectivity index (χ2v) is 7.82. The summed E-state index contributed by atoms with van der Waals surface area (Å²) in [5.41, 5.74) is 1.19. The van der Waals surface area contributed by atoms with Crippen molar-refractivity contribution >= 4 is 17.6 Å². The number of hydrogen-bond donors (Lipinski definition) is 1. The fourth-order valence-corrected chi connectivity index (χ4v) is 3.50. The molecule has 1 N–H and O–H groups in total. The van der Waals surface area contributed by atoms with Crippen molar-refractivity contribution in [1.29, 1.82) is 0 Å². The van der Waals surface area contributed by atoms with Crippen LogP contribution in [0.2, 0.25) is 0 Å². The van der Waals surface area contributed by atoms with Crippen molar-refractivity contribution in [2.75, 3.05) is 32.0 Å². The summed E-state index contributed by atoms with van der Waals surface area (Å²) in [7, 11) is 1.54. The maximum Gasteiger partial charge on any atom is 0.321 e. The second-order valence-electron chi connectivity index (χ2n) is 7.82. The van der Waals surface area contributed by atoms with Gasteiger partial charge in [0.05, 0.1) is 5.69 Å². The molecule has 1 saturated heterocycles. The Morgan fingerprint density at radius 2 is 1.85 bits per heavy atom. The number of carbonyl (C=O) groups is 2. The predicted molar refractivity (Wildman–Crippen MR) is 117 cm³/mol. The van der Waals surface area contributed by atoms with Crippen molar-refractivity contribution in [2.45, 2.75) is 19.3 Å². The number of nitrogens with one attached hydrogen (secondary N) is 1. The zero-order chi connectivity index (χ0) is 23.4. The zero-order valence-electron chi connectivity index (χ0n) is 18.1. The second kappa shape index (κ2) is 9.76. The minimum atomic E-state index is -0.854. The number of likely N-dealkylation sites (tertiary alicyclic amines) is 1. The number of aromatic nitrogens is 2. The van der Waals surface area contributed by atoms with E-state index in [1.807, 2.05) is 4.90 Å². The molecule has 4 rings (SSSR count). The van der Waals surface area contributed by atoms with Crippen LogP contribution in [0.3, 0.4) is 0 Å². The highest BCUT2D eigenvalue weighted by Gasteiger charge is 2.20. The van der Waals surface area contributed by atoms with Gasteiger partial charge < -0.3 is 19.6 Å². The summed E-state index contributed by atoms with van der Waals surface area (Å²) in [5.74, 6) is -0.847. The summed E-state index contributed by atoms with van der Waals surface area (Å²) in [5, 5.41) is 6.32. The first-order chi connectivity index (χ1) is 15.9. The molecule has 33 heavy (non-hydrogen) atoms. The van der Waals surface area contributed by atoms with Gasteiger partial charge in [-0.15, -0.1) is 0 Å². The highest BCUT2D eigenvalue weighted by atomic mass is 19.1. The number of hydrogen-bond acceptors (Lipinski definition) is 5. The molecule has 2 heterocycles. The monoisotopic (exact) mass is 455 g/mol. The molecule has 1 aliphatic rings. The molecule has 0 bridgehead atoms. The highest BCUT2D eigenvalue weighted by Crippen LogP contribution is 2.20. The van der Waals surface area contributed by atoms with Crippen molar-refractivity contribution in [2.24, 2.45) is 0 Å². The Labute approximate surface area is 189 Å². The van der Waals surface area contributed by atoms with Crippen LogP contribution < -0.4 is 5.32 Å². The molecule has 0 aliphatic carbocycles. The van der Waals surface area contributed by atoms with E-state index in [2.05, 4.69) is 15.5 Å². The van der Waals surface area contributed by atoms with Crippen LogP contribution in [0.15, 0.2) is 47.0 Å². The molecule has 3 amide bonds. The van der Waals surface area contributed by atoms with Gasteiger partial charge in [0, 0.05) is 50.3 Å². The Morgan fingerprint density at radius 3 is 2.55 bits per heavy atom. The first-order valence-electron chi connectivity index (χ1n) is 10.6. The van der Waals surface area contributed by atoms with Crippen LogP contribution in [0.25, 0.3) is 11.5 Å². The maximum absolute atomic E-state index is 13.7. The molecule has 0 atom stereocenters. The van der Waals surface area contributed by atoms with E-state index in [0.717, 1.165) is 38.1 Å². The van der Waals surface area contributed by atoms with Gasteiger partial charge in [-0.1, -0.05) is 5.16 Å². The van der Waals surface area contributed by atoms with Crippen molar-refractivity contribution in [1.82, 2.24) is 19.9 Å². The highest BCUT2D eigenvalue weighted by molar-refractivity contribution is 5.94. The van der Waals surface area contributed by atoms with E-state index in [-0.39, 0.29) is 18.1 Å². The van der Waals surface area contributed by atoms with Crippen LogP contribution in [-0.4, -0.2) is 58.6 Å². The number of anilines is 1. The third-order valence-corrected chi connectivity index (χ3v) is 5.43. The fraction of sp³-hybridized carbons (Fsp3) is 0.304. The van der Waals surface area contributed by atoms with Crippen molar-refractivity contribution in [3.05, 3.63) is 65.5 Å². The predicted octanol–water partition coefficient (Wildman–Crippen LogP) is 3.96. The standard InChI is InChI=1S/C23H23F2N5O3/c1-29(23(32)26-19-9-8-17(24)14-18(19)25)13-10-20-27-21(33-28-20)15-4-6-16(7-5-15)22(31)30-11-2-3-12-30/h4-9,14H,2-3,10-13H2,1H3,(H,26,32). The van der Waals surface area contributed by atoms with Crippen molar-refractivity contribution in [3.8, 4) is 11.5 Å². The summed E-state index contributed by atoms with van der Waals surface area (Å²) in [6.07, 6.45) is 2.38. The number of halogens is 2. The van der Waals surface area contributed by atoms with Gasteiger partial charge in [-0.3, -0.25) is 4.79 Å². The normalized spacial score (nSPS) is 13.2. The van der Waals surface area contributed by atoms with Gasteiger partial charge >= 0.3 is 6.03 Å². The van der Waals surface area contributed by atoms with E-state index in [4.69, 9.17) is 4.52 Å². The van der Waals surface area contributed by atoms with E-state index in [1.165, 1.54) is 11.9 Å². The molecular formula is C23H23F2N5O3. The zero-order valence-corrected chi connectivity index (χ0v) is 18.1. The lowest BCUT2D eigenvalue weighted by Gasteiger charge is -2.17. The molecule has 8 nitrogen and oxygen atoms in total. The topological polar surface area (TPSA) is 91.6 Å². The van der Waals surface area contributed by atoms with E-state index in [1.54, 1.807) is 24.3 Å². The summed E-state index contributed by atoms with van der Waals surface area (Å²) < 4.78 is 32.0. The molecule has 0 unspecified atom stereocenters. The number of benzene rings is 2. The fourth-order valence-electron chi connectivity index (χ4n) is 3.50. The molecule has 0 radical (unpaired) electrons. The minimum Gasteiger partial charge on any atom is -0.339 e. The van der Waals surface area contributed by atoms with Crippen molar-refractivity contribution < 1.29 is 22.9 Å². The van der Waals surface area contributed by atoms with E-state index < -0.39 is 17.7 Å². The maximum atomic E-state index is 13.7. The Kier molecular flexibility index (Phi) is 6.62. The summed E-state index contributed by atoms with van der Waals surface area (Å²) in [4.78, 5) is 32.2. The number of urea groups is 1. The Morgan fingerprint density at radius 1 is 1.12 bits per heavy atom. The molecule has 0 spiro atoms. The molecule has 3 aromatic rings. The molecule has 2 aromatic carbocycles. The summed E-state index contributed by atoms with van der Waals surface area (Å²) >= 11 is 0. The third kappa shape index (κ3) is 5.33. The number of likely N-dealkylation sites (N-methyl/N-ethyl adjacent to an activating group) is 1. The van der Waals surface area contributed by atoms with Gasteiger partial charge in [0.25, 0.3) is 11.8 Å². The molecule has 172 valence electrons. The number of amides is 3. The van der Waals surface area contributed by atoms with Crippen LogP contribution in [0.4, 0.5) is 19.3 Å². The largest absolute Gasteiger partial charge is 0.339 e. The van der Waals surface area contributed by atoms with Crippen LogP contribution in [0.5, 0.6) is 0 Å². The lowest BCUT2D eigenvalue weighted by atomic mass is 10.1. The van der Waals surface area contributed by atoms with E-state index in [0.29, 0.717) is 35.3 Å². The van der Waals surface area contributed by atoms with Crippen LogP contribution >= 0.6 is 0 Å². The average Bonchev–Trinajstić information content (AvgIpc) is 3.51. The van der Waals surface area contributed by atoms with E-state index >= 15 is 0 Å².